The van der Waals surface area contributed by atoms with Crippen LogP contribution in [0.15, 0.2) is 107 Å². The molecule has 0 aromatic heterocycles. The molecule has 0 radical (unpaired) electrons. The molecule has 4 aromatic rings. The van der Waals surface area contributed by atoms with E-state index in [1.807, 2.05) is 24.3 Å². The molecule has 0 atom stereocenters. The maximum Gasteiger partial charge on any atom is 0.100 e. The summed E-state index contributed by atoms with van der Waals surface area (Å²) in [7, 11) is 12.9. The van der Waals surface area contributed by atoms with Crippen molar-refractivity contribution in [2.45, 2.75) is 26.7 Å². The van der Waals surface area contributed by atoms with Crippen LogP contribution in [0.3, 0.4) is 0 Å². The second-order valence-electron chi connectivity index (χ2n) is 13.2. The van der Waals surface area contributed by atoms with Gasteiger partial charge in [0.15, 0.2) is 0 Å². The van der Waals surface area contributed by atoms with E-state index in [0.29, 0.717) is 0 Å². The molecule has 0 saturated carbocycles. The van der Waals surface area contributed by atoms with Gasteiger partial charge in [0.1, 0.15) is 6.01 Å². The number of aryl methyl sites for hydroxylation is 2. The molecule has 0 fully saturated rings. The fourth-order valence-electron chi connectivity index (χ4n) is 4.71. The highest BCUT2D eigenvalue weighted by Crippen LogP contribution is 2.18. The molecule has 0 aliphatic rings. The summed E-state index contributed by atoms with van der Waals surface area (Å²) < 4.78 is 0. The summed E-state index contributed by atoms with van der Waals surface area (Å²) in [6.07, 6.45) is 1.85. The summed E-state index contributed by atoms with van der Waals surface area (Å²) in [5.41, 5.74) is 9.44. The van der Waals surface area contributed by atoms with E-state index in [1.165, 1.54) is 33.4 Å². The Morgan fingerprint density at radius 1 is 0.404 bits per heavy atom. The third-order valence-corrected chi connectivity index (χ3v) is 8.01. The van der Waals surface area contributed by atoms with Crippen molar-refractivity contribution in [2.24, 2.45) is 9.98 Å². The van der Waals surface area contributed by atoms with E-state index in [4.69, 9.17) is 0 Å². The maximum absolute atomic E-state index is 4.34. The number of nitrogens with zero attached hydrogens (tertiary/aromatic N) is 6. The van der Waals surface area contributed by atoms with Crippen molar-refractivity contribution < 1.29 is 0 Å². The van der Waals surface area contributed by atoms with Crippen LogP contribution in [0.4, 0.5) is 11.4 Å². The smallest absolute Gasteiger partial charge is 0.100 e. The molecule has 4 aromatic carbocycles. The van der Waals surface area contributed by atoms with Crippen LogP contribution < -0.4 is 0 Å². The predicted octanol–water partition coefficient (Wildman–Crippen LogP) is 7.60. The van der Waals surface area contributed by atoms with E-state index in [2.05, 4.69) is 165 Å². The van der Waals surface area contributed by atoms with E-state index >= 15 is 0 Å². The number of likely N-dealkylation sites (N-methyl/N-ethyl adjacent to an activating group) is 4. The van der Waals surface area contributed by atoms with Crippen molar-refractivity contribution in [1.82, 2.24) is 19.6 Å². The highest BCUT2D eigenvalue weighted by molar-refractivity contribution is 5.58. The van der Waals surface area contributed by atoms with Gasteiger partial charge in [-0.05, 0) is 115 Å². The predicted molar refractivity (Wildman–Crippen MR) is 202 cm³/mol. The van der Waals surface area contributed by atoms with Crippen LogP contribution in [-0.4, -0.2) is 107 Å². The van der Waals surface area contributed by atoms with Crippen molar-refractivity contribution >= 4 is 17.4 Å². The first-order valence-electron chi connectivity index (χ1n) is 16.7. The van der Waals surface area contributed by atoms with Crippen LogP contribution in [0.2, 0.25) is 0 Å². The number of hydrogen-bond donors (Lipinski definition) is 0. The average Bonchev–Trinajstić information content (AvgIpc) is 3.06. The molecular weight excluding hydrogens is 576 g/mol. The lowest BCUT2D eigenvalue weighted by molar-refractivity contribution is 0.225. The Hall–Kier alpha value is -3.90. The van der Waals surface area contributed by atoms with Gasteiger partial charge in [-0.3, -0.25) is 0 Å². The van der Waals surface area contributed by atoms with Gasteiger partial charge in [0, 0.05) is 39.3 Å². The van der Waals surface area contributed by atoms with Crippen LogP contribution in [0.25, 0.3) is 0 Å². The largest absolute Gasteiger partial charge is 0.308 e. The summed E-state index contributed by atoms with van der Waals surface area (Å²) in [6.45, 7) is 11.1. The molecule has 0 saturated heterocycles. The molecule has 0 heterocycles. The second-order valence-corrected chi connectivity index (χ2v) is 13.2. The van der Waals surface area contributed by atoms with Crippen molar-refractivity contribution in [3.05, 3.63) is 130 Å². The molecule has 4 rings (SSSR count). The molecule has 0 aliphatic carbocycles. The first kappa shape index (κ1) is 37.6. The Labute approximate surface area is 285 Å². The normalized spacial score (nSPS) is 11.1. The van der Waals surface area contributed by atoms with Gasteiger partial charge in [0.05, 0.1) is 11.4 Å². The average molecular weight is 633 g/mol. The molecule has 0 spiro atoms. The molecular formula is C41H56N6. The van der Waals surface area contributed by atoms with Crippen LogP contribution in [0.5, 0.6) is 0 Å². The molecule has 0 N–H and O–H groups in total. The summed E-state index contributed by atoms with van der Waals surface area (Å²) in [5, 5.41) is 0. The minimum atomic E-state index is 0.854. The van der Waals surface area contributed by atoms with E-state index in [0.717, 1.165) is 63.5 Å². The Kier molecular flexibility index (Phi) is 16.3. The SMILES string of the molecule is CN(C)CCN(C)CCN(C)CCN(C)C.Cc1ccc(Cc2ccc(N=C=Nc3ccc(Cc4ccc(C)cc4)cc3)cc2)cc1. The van der Waals surface area contributed by atoms with E-state index < -0.39 is 0 Å². The van der Waals surface area contributed by atoms with E-state index in [1.54, 1.807) is 0 Å². The Balaban J connectivity index is 0.000000320. The standard InChI is InChI=1S/C29H26N2.C12H30N4/c1-22-3-7-24(8-4-22)19-26-11-15-28(16-12-26)30-21-31-29-17-13-27(14-18-29)20-25-9-5-23(2)6-10-25;1-13(2)7-9-15(5)11-12-16(6)10-8-14(3)4/h3-18H,19-20H2,1-2H3;7-12H2,1-6H3. The van der Waals surface area contributed by atoms with Crippen LogP contribution in [0.1, 0.15) is 33.4 Å². The fraction of sp³-hybridized carbons (Fsp3) is 0.390. The van der Waals surface area contributed by atoms with Gasteiger partial charge in [-0.1, -0.05) is 83.9 Å². The maximum atomic E-state index is 4.34. The number of aliphatic imine (C=N–C) groups is 2. The van der Waals surface area contributed by atoms with Crippen LogP contribution in [0, 0.1) is 13.8 Å². The van der Waals surface area contributed by atoms with Crippen molar-refractivity contribution in [2.75, 3.05) is 81.6 Å². The van der Waals surface area contributed by atoms with Crippen LogP contribution in [-0.2, 0) is 12.8 Å². The lowest BCUT2D eigenvalue weighted by Crippen LogP contribution is -2.37. The quantitative estimate of drug-likeness (QED) is 0.127. The number of rotatable bonds is 15. The molecule has 6 nitrogen and oxygen atoms in total. The summed E-state index contributed by atoms with van der Waals surface area (Å²) >= 11 is 0. The van der Waals surface area contributed by atoms with Gasteiger partial charge in [-0.25, -0.2) is 0 Å². The fourth-order valence-corrected chi connectivity index (χ4v) is 4.71. The number of hydrogen-bond acceptors (Lipinski definition) is 6. The first-order valence-corrected chi connectivity index (χ1v) is 16.7. The van der Waals surface area contributed by atoms with E-state index in [-0.39, 0.29) is 0 Å². The minimum Gasteiger partial charge on any atom is -0.308 e. The second kappa shape index (κ2) is 20.4. The van der Waals surface area contributed by atoms with Gasteiger partial charge >= 0.3 is 0 Å². The lowest BCUT2D eigenvalue weighted by atomic mass is 10.0. The van der Waals surface area contributed by atoms with Gasteiger partial charge in [0.25, 0.3) is 0 Å². The Morgan fingerprint density at radius 2 is 0.681 bits per heavy atom. The topological polar surface area (TPSA) is 37.7 Å². The highest BCUT2D eigenvalue weighted by atomic mass is 15.2. The van der Waals surface area contributed by atoms with Gasteiger partial charge in [0.2, 0.25) is 0 Å². The van der Waals surface area contributed by atoms with E-state index in [9.17, 15) is 0 Å². The first-order chi connectivity index (χ1) is 22.5. The number of benzene rings is 4. The monoisotopic (exact) mass is 632 g/mol. The zero-order valence-electron chi connectivity index (χ0n) is 30.1. The molecule has 47 heavy (non-hydrogen) atoms. The van der Waals surface area contributed by atoms with Crippen molar-refractivity contribution in [3.63, 3.8) is 0 Å². The van der Waals surface area contributed by atoms with Crippen molar-refractivity contribution in [3.8, 4) is 0 Å². The van der Waals surface area contributed by atoms with Crippen LogP contribution >= 0.6 is 0 Å². The summed E-state index contributed by atoms with van der Waals surface area (Å²) in [5.74, 6) is 0. The molecule has 250 valence electrons. The molecule has 0 amide bonds. The highest BCUT2D eigenvalue weighted by Gasteiger charge is 2.03. The third kappa shape index (κ3) is 16.0. The van der Waals surface area contributed by atoms with Gasteiger partial charge in [-0.15, -0.1) is 0 Å². The molecule has 0 bridgehead atoms. The Bertz CT molecular complexity index is 1370. The Morgan fingerprint density at radius 3 is 0.979 bits per heavy atom. The van der Waals surface area contributed by atoms with Crippen molar-refractivity contribution in [1.29, 1.82) is 0 Å². The molecule has 6 heteroatoms. The van der Waals surface area contributed by atoms with Gasteiger partial charge < -0.3 is 19.6 Å². The van der Waals surface area contributed by atoms with Gasteiger partial charge in [-0.2, -0.15) is 9.98 Å². The molecule has 0 unspecified atom stereocenters. The zero-order valence-corrected chi connectivity index (χ0v) is 30.1. The third-order valence-electron chi connectivity index (χ3n) is 8.01. The summed E-state index contributed by atoms with van der Waals surface area (Å²) in [6, 6.07) is 36.6. The minimum absolute atomic E-state index is 0.854. The summed E-state index contributed by atoms with van der Waals surface area (Å²) in [4.78, 5) is 17.9. The molecule has 0 aliphatic heterocycles. The lowest BCUT2D eigenvalue weighted by Gasteiger charge is -2.24. The zero-order chi connectivity index (χ0) is 34.0.